The van der Waals surface area contributed by atoms with Crippen LogP contribution in [0.3, 0.4) is 0 Å². The van der Waals surface area contributed by atoms with Crippen molar-refractivity contribution in [1.29, 1.82) is 0 Å². The van der Waals surface area contributed by atoms with Crippen molar-refractivity contribution in [3.8, 4) is 0 Å². The number of carbonyl (C=O) groups is 1. The number of nitrogen functional groups attached to an aromatic ring is 1. The van der Waals surface area contributed by atoms with E-state index in [2.05, 4.69) is 10.2 Å². The first-order valence-electron chi connectivity index (χ1n) is 5.31. The van der Waals surface area contributed by atoms with Gasteiger partial charge in [-0.15, -0.1) is 10.2 Å². The van der Waals surface area contributed by atoms with Gasteiger partial charge in [0.1, 0.15) is 0 Å². The van der Waals surface area contributed by atoms with Gasteiger partial charge < -0.3 is 10.8 Å². The number of rotatable bonds is 4. The van der Waals surface area contributed by atoms with E-state index >= 15 is 0 Å². The molecule has 0 aromatic carbocycles. The third kappa shape index (κ3) is 3.06. The Morgan fingerprint density at radius 1 is 1.65 bits per heavy atom. The summed E-state index contributed by atoms with van der Waals surface area (Å²) in [4.78, 5) is 10.6. The maximum absolute atomic E-state index is 10.6. The van der Waals surface area contributed by atoms with Crippen LogP contribution < -0.4 is 5.73 Å². The Kier molecular flexibility index (Phi) is 4.16. The van der Waals surface area contributed by atoms with Crippen molar-refractivity contribution in [2.45, 2.75) is 24.0 Å². The van der Waals surface area contributed by atoms with E-state index in [0.717, 1.165) is 18.6 Å². The van der Waals surface area contributed by atoms with Gasteiger partial charge in [0.05, 0.1) is 5.75 Å². The van der Waals surface area contributed by atoms with Crippen LogP contribution in [0.4, 0.5) is 5.95 Å². The van der Waals surface area contributed by atoms with E-state index < -0.39 is 5.97 Å². The number of carboxylic acids is 1. The van der Waals surface area contributed by atoms with Crippen molar-refractivity contribution >= 4 is 35.4 Å². The number of aliphatic carboxylic acids is 1. The van der Waals surface area contributed by atoms with Crippen LogP contribution in [0.1, 0.15) is 18.9 Å². The van der Waals surface area contributed by atoms with E-state index in [9.17, 15) is 4.79 Å². The summed E-state index contributed by atoms with van der Waals surface area (Å²) < 4.78 is 1.87. The molecule has 17 heavy (non-hydrogen) atoms. The van der Waals surface area contributed by atoms with E-state index in [-0.39, 0.29) is 5.75 Å². The fourth-order valence-corrected chi connectivity index (χ4v) is 3.64. The van der Waals surface area contributed by atoms with E-state index in [1.54, 1.807) is 0 Å². The van der Waals surface area contributed by atoms with Gasteiger partial charge in [-0.2, -0.15) is 11.8 Å². The number of hydrogen-bond acceptors (Lipinski definition) is 6. The van der Waals surface area contributed by atoms with Gasteiger partial charge in [0, 0.05) is 11.8 Å². The first kappa shape index (κ1) is 12.6. The quantitative estimate of drug-likeness (QED) is 0.794. The third-order valence-electron chi connectivity index (χ3n) is 2.52. The largest absolute Gasteiger partial charge is 0.481 e. The zero-order chi connectivity index (χ0) is 12.3. The predicted molar refractivity (Wildman–Crippen MR) is 68.4 cm³/mol. The Morgan fingerprint density at radius 2 is 2.47 bits per heavy atom. The minimum atomic E-state index is -0.860. The predicted octanol–water partition coefficient (Wildman–Crippen LogP) is 1.11. The van der Waals surface area contributed by atoms with Crippen molar-refractivity contribution in [2.75, 3.05) is 23.0 Å². The van der Waals surface area contributed by atoms with E-state index in [1.165, 1.54) is 17.5 Å². The van der Waals surface area contributed by atoms with Gasteiger partial charge in [0.15, 0.2) is 5.16 Å². The first-order valence-corrected chi connectivity index (χ1v) is 7.45. The molecule has 8 heteroatoms. The lowest BCUT2D eigenvalue weighted by molar-refractivity contribution is -0.133. The number of hydrogen-bond donors (Lipinski definition) is 2. The lowest BCUT2D eigenvalue weighted by Crippen LogP contribution is -2.19. The average molecular weight is 274 g/mol. The number of nitrogens with zero attached hydrogens (tertiary/aromatic N) is 3. The second-order valence-corrected chi connectivity index (χ2v) is 5.86. The molecule has 1 saturated heterocycles. The molecule has 6 nitrogen and oxygen atoms in total. The van der Waals surface area contributed by atoms with Gasteiger partial charge in [0.25, 0.3) is 0 Å². The maximum Gasteiger partial charge on any atom is 0.313 e. The summed E-state index contributed by atoms with van der Waals surface area (Å²) >= 11 is 3.06. The molecule has 0 radical (unpaired) electrons. The zero-order valence-electron chi connectivity index (χ0n) is 9.20. The molecule has 0 bridgehead atoms. The number of aromatic nitrogens is 3. The summed E-state index contributed by atoms with van der Waals surface area (Å²) in [6.45, 7) is 0. The summed E-state index contributed by atoms with van der Waals surface area (Å²) in [5.74, 6) is 1.67. The summed E-state index contributed by atoms with van der Waals surface area (Å²) in [5.41, 5.74) is 5.80. The molecule has 1 unspecified atom stereocenters. The molecule has 1 atom stereocenters. The molecule has 0 spiro atoms. The molecule has 1 aromatic rings. The van der Waals surface area contributed by atoms with Crippen molar-refractivity contribution < 1.29 is 9.90 Å². The Hall–Kier alpha value is -0.890. The molecular formula is C9H14N4O2S2. The van der Waals surface area contributed by atoms with Crippen LogP contribution in [0.5, 0.6) is 0 Å². The van der Waals surface area contributed by atoms with Crippen LogP contribution >= 0.6 is 23.5 Å². The fourth-order valence-electron chi connectivity index (χ4n) is 1.78. The summed E-state index contributed by atoms with van der Waals surface area (Å²) in [6.07, 6.45) is 2.20. The molecular weight excluding hydrogens is 260 g/mol. The zero-order valence-corrected chi connectivity index (χ0v) is 10.8. The second-order valence-electron chi connectivity index (χ2n) is 3.76. The molecule has 0 amide bonds. The van der Waals surface area contributed by atoms with E-state index in [1.807, 2.05) is 16.3 Å². The highest BCUT2D eigenvalue weighted by molar-refractivity contribution is 7.99. The Morgan fingerprint density at radius 3 is 3.12 bits per heavy atom. The lowest BCUT2D eigenvalue weighted by atomic mass is 10.2. The Bertz CT molecular complexity index is 404. The minimum Gasteiger partial charge on any atom is -0.481 e. The van der Waals surface area contributed by atoms with Gasteiger partial charge in [-0.3, -0.25) is 9.36 Å². The average Bonchev–Trinajstić information content (AvgIpc) is 2.69. The van der Waals surface area contributed by atoms with Gasteiger partial charge in [-0.25, -0.2) is 0 Å². The van der Waals surface area contributed by atoms with Crippen molar-refractivity contribution in [3.63, 3.8) is 0 Å². The van der Waals surface area contributed by atoms with Crippen molar-refractivity contribution in [1.82, 2.24) is 14.8 Å². The van der Waals surface area contributed by atoms with Crippen molar-refractivity contribution in [2.24, 2.45) is 0 Å². The molecule has 1 aromatic heterocycles. The topological polar surface area (TPSA) is 94.0 Å². The molecule has 3 N–H and O–H groups in total. The highest BCUT2D eigenvalue weighted by Crippen LogP contribution is 2.31. The molecule has 0 saturated carbocycles. The van der Waals surface area contributed by atoms with Gasteiger partial charge in [-0.1, -0.05) is 11.8 Å². The summed E-state index contributed by atoms with van der Waals surface area (Å²) in [6, 6.07) is 0.292. The number of nitrogens with two attached hydrogens (primary N) is 1. The SMILES string of the molecule is Nc1nnc(SCC(=O)O)n1C1CCCSC1. The highest BCUT2D eigenvalue weighted by Gasteiger charge is 2.22. The number of thioether (sulfide) groups is 2. The Labute approximate surface area is 107 Å². The van der Waals surface area contributed by atoms with Crippen LogP contribution in [0.25, 0.3) is 0 Å². The maximum atomic E-state index is 10.6. The fraction of sp³-hybridized carbons (Fsp3) is 0.667. The molecule has 1 aliphatic heterocycles. The first-order chi connectivity index (χ1) is 8.18. The highest BCUT2D eigenvalue weighted by atomic mass is 32.2. The lowest BCUT2D eigenvalue weighted by Gasteiger charge is -2.24. The second kappa shape index (κ2) is 5.63. The monoisotopic (exact) mass is 274 g/mol. The van der Waals surface area contributed by atoms with E-state index in [0.29, 0.717) is 17.1 Å². The number of anilines is 1. The summed E-state index contributed by atoms with van der Waals surface area (Å²) in [7, 11) is 0. The van der Waals surface area contributed by atoms with Gasteiger partial charge in [0.2, 0.25) is 5.95 Å². The molecule has 0 aliphatic carbocycles. The third-order valence-corrected chi connectivity index (χ3v) is 4.64. The van der Waals surface area contributed by atoms with E-state index in [4.69, 9.17) is 10.8 Å². The minimum absolute atomic E-state index is 0.0159. The number of carboxylic acid groups (broad SMARTS) is 1. The van der Waals surface area contributed by atoms with Crippen molar-refractivity contribution in [3.05, 3.63) is 0 Å². The molecule has 2 heterocycles. The van der Waals surface area contributed by atoms with Crippen LogP contribution in [-0.2, 0) is 4.79 Å². The molecule has 2 rings (SSSR count). The van der Waals surface area contributed by atoms with Crippen LogP contribution in [-0.4, -0.2) is 43.1 Å². The molecule has 1 aliphatic rings. The summed E-state index contributed by atoms with van der Waals surface area (Å²) in [5, 5.41) is 17.1. The molecule has 94 valence electrons. The molecule has 1 fully saturated rings. The smallest absolute Gasteiger partial charge is 0.313 e. The normalized spacial score (nSPS) is 20.4. The van der Waals surface area contributed by atoms with Gasteiger partial charge in [-0.05, 0) is 18.6 Å². The Balaban J connectivity index is 2.13. The van der Waals surface area contributed by atoms with Crippen LogP contribution in [0.2, 0.25) is 0 Å². The standard InChI is InChI=1S/C9H14N4O2S2/c10-8-11-12-9(17-5-7(14)15)13(8)6-2-1-3-16-4-6/h6H,1-5H2,(H2,10,11)(H,14,15). The van der Waals surface area contributed by atoms with Crippen LogP contribution in [0, 0.1) is 0 Å². The van der Waals surface area contributed by atoms with Crippen LogP contribution in [0.15, 0.2) is 5.16 Å². The van der Waals surface area contributed by atoms with Gasteiger partial charge >= 0.3 is 5.97 Å².